The average Bonchev–Trinajstić information content (AvgIpc) is 2.37. The first kappa shape index (κ1) is 13.9. The Morgan fingerprint density at radius 2 is 1.84 bits per heavy atom. The van der Waals surface area contributed by atoms with Crippen molar-refractivity contribution >= 4 is 23.0 Å². The van der Waals surface area contributed by atoms with Crippen molar-refractivity contribution in [2.45, 2.75) is 19.7 Å². The van der Waals surface area contributed by atoms with Crippen LogP contribution in [0.3, 0.4) is 0 Å². The second-order valence-corrected chi connectivity index (χ2v) is 4.99. The van der Waals surface area contributed by atoms with Crippen molar-refractivity contribution in [3.63, 3.8) is 0 Å². The molecule has 0 aliphatic carbocycles. The number of alkyl halides is 1. The van der Waals surface area contributed by atoms with E-state index in [-0.39, 0.29) is 11.7 Å². The first-order chi connectivity index (χ1) is 9.04. The molecule has 0 spiro atoms. The van der Waals surface area contributed by atoms with Crippen LogP contribution >= 0.6 is 11.6 Å². The summed E-state index contributed by atoms with van der Waals surface area (Å²) in [5.74, 6) is -0.0961. The largest absolute Gasteiger partial charge is 0.344 e. The van der Waals surface area contributed by atoms with Crippen molar-refractivity contribution in [3.8, 4) is 0 Å². The van der Waals surface area contributed by atoms with E-state index >= 15 is 0 Å². The van der Waals surface area contributed by atoms with E-state index in [1.54, 1.807) is 6.07 Å². The maximum Gasteiger partial charge on any atom is 0.129 e. The molecule has 2 aromatic rings. The summed E-state index contributed by atoms with van der Waals surface area (Å²) in [6.45, 7) is 4.11. The summed E-state index contributed by atoms with van der Waals surface area (Å²) in [4.78, 5) is 1.98. The Morgan fingerprint density at radius 1 is 1.11 bits per heavy atom. The molecule has 0 aliphatic heterocycles. The van der Waals surface area contributed by atoms with Gasteiger partial charge in [-0.15, -0.1) is 11.6 Å². The Labute approximate surface area is 118 Å². The fourth-order valence-corrected chi connectivity index (χ4v) is 2.57. The van der Waals surface area contributed by atoms with Gasteiger partial charge in [0.1, 0.15) is 5.82 Å². The summed E-state index contributed by atoms with van der Waals surface area (Å²) in [7, 11) is 1.93. The van der Waals surface area contributed by atoms with Crippen molar-refractivity contribution in [3.05, 3.63) is 58.9 Å². The van der Waals surface area contributed by atoms with E-state index in [1.807, 2.05) is 24.1 Å². The number of halogens is 2. The summed E-state index contributed by atoms with van der Waals surface area (Å²) in [5, 5.41) is 0. The summed E-state index contributed by atoms with van der Waals surface area (Å²) < 4.78 is 13.8. The van der Waals surface area contributed by atoms with E-state index in [2.05, 4.69) is 26.0 Å². The van der Waals surface area contributed by atoms with Crippen LogP contribution in [0.2, 0.25) is 0 Å². The number of benzene rings is 2. The van der Waals surface area contributed by atoms with Gasteiger partial charge in [-0.05, 0) is 37.6 Å². The smallest absolute Gasteiger partial charge is 0.129 e. The van der Waals surface area contributed by atoms with Gasteiger partial charge < -0.3 is 4.90 Å². The predicted molar refractivity (Wildman–Crippen MR) is 79.9 cm³/mol. The zero-order valence-corrected chi connectivity index (χ0v) is 12.1. The molecule has 0 saturated carbocycles. The lowest BCUT2D eigenvalue weighted by Gasteiger charge is -2.24. The second kappa shape index (κ2) is 5.62. The van der Waals surface area contributed by atoms with E-state index in [4.69, 9.17) is 11.6 Å². The quantitative estimate of drug-likeness (QED) is 0.718. The lowest BCUT2D eigenvalue weighted by Crippen LogP contribution is -2.13. The minimum Gasteiger partial charge on any atom is -0.344 e. The summed E-state index contributed by atoms with van der Waals surface area (Å²) in [6.07, 6.45) is 0. The molecule has 0 heterocycles. The Balaban J connectivity index is 2.50. The number of anilines is 2. The van der Waals surface area contributed by atoms with Crippen LogP contribution in [0.4, 0.5) is 15.8 Å². The van der Waals surface area contributed by atoms with E-state index in [9.17, 15) is 4.39 Å². The van der Waals surface area contributed by atoms with Gasteiger partial charge in [-0.3, -0.25) is 0 Å². The Hall–Kier alpha value is -1.54. The highest BCUT2D eigenvalue weighted by molar-refractivity contribution is 6.17. The van der Waals surface area contributed by atoms with Crippen molar-refractivity contribution in [1.82, 2.24) is 0 Å². The van der Waals surface area contributed by atoms with Crippen molar-refractivity contribution in [2.75, 3.05) is 11.9 Å². The normalized spacial score (nSPS) is 10.6. The van der Waals surface area contributed by atoms with E-state index in [0.29, 0.717) is 5.56 Å². The Kier molecular flexibility index (Phi) is 4.11. The molecule has 0 unspecified atom stereocenters. The van der Waals surface area contributed by atoms with Gasteiger partial charge >= 0.3 is 0 Å². The zero-order chi connectivity index (χ0) is 14.0. The summed E-state index contributed by atoms with van der Waals surface area (Å²) in [6, 6.07) is 11.3. The Morgan fingerprint density at radius 3 is 2.47 bits per heavy atom. The fourth-order valence-electron chi connectivity index (χ4n) is 2.31. The molecule has 0 aliphatic rings. The molecule has 2 aromatic carbocycles. The first-order valence-electron chi connectivity index (χ1n) is 6.19. The monoisotopic (exact) mass is 277 g/mol. The second-order valence-electron chi connectivity index (χ2n) is 4.72. The lowest BCUT2D eigenvalue weighted by molar-refractivity contribution is 0.617. The maximum absolute atomic E-state index is 13.8. The van der Waals surface area contributed by atoms with Crippen LogP contribution in [0.15, 0.2) is 36.4 Å². The summed E-state index contributed by atoms with van der Waals surface area (Å²) in [5.41, 5.74) is 4.77. The minimum atomic E-state index is -0.260. The van der Waals surface area contributed by atoms with Gasteiger partial charge in [-0.1, -0.05) is 23.8 Å². The molecule has 0 atom stereocenters. The van der Waals surface area contributed by atoms with Crippen molar-refractivity contribution in [1.29, 1.82) is 0 Å². The SMILES string of the molecule is Cc1ccc(N(C)c2cccc(F)c2CCl)c(C)c1. The number of hydrogen-bond acceptors (Lipinski definition) is 1. The van der Waals surface area contributed by atoms with Gasteiger partial charge in [-0.2, -0.15) is 0 Å². The van der Waals surface area contributed by atoms with E-state index < -0.39 is 0 Å². The number of nitrogens with zero attached hydrogens (tertiary/aromatic N) is 1. The highest BCUT2D eigenvalue weighted by atomic mass is 35.5. The number of hydrogen-bond donors (Lipinski definition) is 0. The number of aryl methyl sites for hydroxylation is 2. The van der Waals surface area contributed by atoms with Crippen molar-refractivity contribution in [2.24, 2.45) is 0 Å². The first-order valence-corrected chi connectivity index (χ1v) is 6.72. The van der Waals surface area contributed by atoms with Gasteiger partial charge in [0.25, 0.3) is 0 Å². The van der Waals surface area contributed by atoms with Gasteiger partial charge in [-0.25, -0.2) is 4.39 Å². The number of rotatable bonds is 3. The Bertz CT molecular complexity index is 595. The van der Waals surface area contributed by atoms with Crippen LogP contribution in [0, 0.1) is 19.7 Å². The maximum atomic E-state index is 13.8. The van der Waals surface area contributed by atoms with Gasteiger partial charge in [0, 0.05) is 24.0 Å². The van der Waals surface area contributed by atoms with E-state index in [1.165, 1.54) is 11.6 Å². The van der Waals surface area contributed by atoms with Gasteiger partial charge in [0.15, 0.2) is 0 Å². The molecule has 0 amide bonds. The summed E-state index contributed by atoms with van der Waals surface area (Å²) >= 11 is 5.87. The highest BCUT2D eigenvalue weighted by Crippen LogP contribution is 2.31. The standard InChI is InChI=1S/C16H17ClFN/c1-11-7-8-15(12(2)9-11)19(3)16-6-4-5-14(18)13(16)10-17/h4-9H,10H2,1-3H3. The van der Waals surface area contributed by atoms with Gasteiger partial charge in [0.05, 0.1) is 5.88 Å². The molecule has 0 fully saturated rings. The molecular formula is C16H17ClFN. The van der Waals surface area contributed by atoms with E-state index in [0.717, 1.165) is 16.9 Å². The van der Waals surface area contributed by atoms with Crippen molar-refractivity contribution < 1.29 is 4.39 Å². The van der Waals surface area contributed by atoms with Crippen LogP contribution in [0.1, 0.15) is 16.7 Å². The van der Waals surface area contributed by atoms with Crippen LogP contribution in [0.5, 0.6) is 0 Å². The van der Waals surface area contributed by atoms with Crippen LogP contribution in [-0.4, -0.2) is 7.05 Å². The van der Waals surface area contributed by atoms with Crippen LogP contribution in [-0.2, 0) is 5.88 Å². The topological polar surface area (TPSA) is 3.24 Å². The third-order valence-corrected chi connectivity index (χ3v) is 3.57. The lowest BCUT2D eigenvalue weighted by atomic mass is 10.1. The molecule has 2 rings (SSSR count). The highest BCUT2D eigenvalue weighted by Gasteiger charge is 2.13. The van der Waals surface area contributed by atoms with Crippen LogP contribution in [0.25, 0.3) is 0 Å². The molecule has 19 heavy (non-hydrogen) atoms. The minimum absolute atomic E-state index is 0.164. The van der Waals surface area contributed by atoms with Crippen LogP contribution < -0.4 is 4.90 Å². The molecule has 0 N–H and O–H groups in total. The molecule has 0 saturated heterocycles. The molecule has 1 nitrogen and oxygen atoms in total. The molecule has 3 heteroatoms. The molecule has 100 valence electrons. The molecule has 0 radical (unpaired) electrons. The molecular weight excluding hydrogens is 261 g/mol. The fraction of sp³-hybridized carbons (Fsp3) is 0.250. The average molecular weight is 278 g/mol. The zero-order valence-electron chi connectivity index (χ0n) is 11.4. The van der Waals surface area contributed by atoms with Gasteiger partial charge in [0.2, 0.25) is 0 Å². The third kappa shape index (κ3) is 2.74. The molecule has 0 aromatic heterocycles. The molecule has 0 bridgehead atoms. The third-order valence-electron chi connectivity index (χ3n) is 3.30. The predicted octanol–water partition coefficient (Wildman–Crippen LogP) is 4.95.